The van der Waals surface area contributed by atoms with Crippen molar-refractivity contribution in [2.45, 2.75) is 37.0 Å². The summed E-state index contributed by atoms with van der Waals surface area (Å²) in [6.07, 6.45) is -2.73. The molecule has 3 heterocycles. The van der Waals surface area contributed by atoms with Gasteiger partial charge in [-0.25, -0.2) is 0 Å². The Morgan fingerprint density at radius 1 is 0.800 bits per heavy atom. The number of benzene rings is 1. The van der Waals surface area contributed by atoms with Crippen molar-refractivity contribution in [1.82, 2.24) is 4.90 Å². The smallest absolute Gasteiger partial charge is 0.186 e. The molecule has 10 heteroatoms. The molecule has 4 rings (SSSR count). The van der Waals surface area contributed by atoms with Crippen LogP contribution in [0.5, 0.6) is 0 Å². The minimum absolute atomic E-state index is 0.335. The lowest BCUT2D eigenvalue weighted by Gasteiger charge is -2.48. The lowest BCUT2D eigenvalue weighted by molar-refractivity contribution is -0.368. The Morgan fingerprint density at radius 2 is 1.51 bits per heavy atom. The largest absolute Gasteiger partial charge is 0.383 e. The highest BCUT2D eigenvalue weighted by Gasteiger charge is 2.51. The summed E-state index contributed by atoms with van der Waals surface area (Å²) in [5, 5.41) is 0. The molecule has 0 aromatic heterocycles. The highest BCUT2D eigenvalue weighted by Crippen LogP contribution is 2.36. The number of methoxy groups -OCH3 is 2. The first-order chi connectivity index (χ1) is 17.3. The van der Waals surface area contributed by atoms with Gasteiger partial charge in [-0.05, 0) is 0 Å². The third-order valence-corrected chi connectivity index (χ3v) is 6.38. The first-order valence-electron chi connectivity index (χ1n) is 12.4. The van der Waals surface area contributed by atoms with Gasteiger partial charge in [0.05, 0.1) is 52.9 Å². The Balaban J connectivity index is 1.42. The number of hydrogen-bond acceptors (Lipinski definition) is 10. The summed E-state index contributed by atoms with van der Waals surface area (Å²) < 4.78 is 53.6. The zero-order chi connectivity index (χ0) is 24.3. The van der Waals surface area contributed by atoms with E-state index in [0.717, 1.165) is 25.2 Å². The SMILES string of the molecule is COCCN1CCOCCO[C@@H]2[C@@H](OCCOCC1)[C@@H](OC)O[C@@H]1COC(c3ccccc3)O[C@@H]21. The zero-order valence-corrected chi connectivity index (χ0v) is 20.8. The van der Waals surface area contributed by atoms with Crippen molar-refractivity contribution in [2.24, 2.45) is 0 Å². The predicted octanol–water partition coefficient (Wildman–Crippen LogP) is 1.24. The molecule has 3 fully saturated rings. The Kier molecular flexibility index (Phi) is 11.2. The van der Waals surface area contributed by atoms with Gasteiger partial charge in [-0.3, -0.25) is 4.90 Å². The summed E-state index contributed by atoms with van der Waals surface area (Å²) in [5.41, 5.74) is 0.948. The number of ether oxygens (including phenoxy) is 9. The second kappa shape index (κ2) is 14.5. The maximum absolute atomic E-state index is 6.38. The molecule has 3 aliphatic rings. The quantitative estimate of drug-likeness (QED) is 0.592. The first-order valence-corrected chi connectivity index (χ1v) is 12.4. The molecule has 35 heavy (non-hydrogen) atoms. The zero-order valence-electron chi connectivity index (χ0n) is 20.8. The fourth-order valence-electron chi connectivity index (χ4n) is 4.52. The lowest BCUT2D eigenvalue weighted by Crippen LogP contribution is -2.63. The van der Waals surface area contributed by atoms with Crippen molar-refractivity contribution in [1.29, 1.82) is 0 Å². The second-order valence-corrected chi connectivity index (χ2v) is 8.69. The molecule has 0 aliphatic carbocycles. The van der Waals surface area contributed by atoms with E-state index in [4.69, 9.17) is 42.6 Å². The van der Waals surface area contributed by atoms with E-state index in [1.165, 1.54) is 0 Å². The summed E-state index contributed by atoms with van der Waals surface area (Å²) >= 11 is 0. The monoisotopic (exact) mass is 497 g/mol. The van der Waals surface area contributed by atoms with Gasteiger partial charge in [-0.1, -0.05) is 30.3 Å². The number of fused-ring (bicyclic) bond motifs is 3. The van der Waals surface area contributed by atoms with Gasteiger partial charge in [0, 0.05) is 39.4 Å². The average Bonchev–Trinajstić information content (AvgIpc) is 2.91. The van der Waals surface area contributed by atoms with Gasteiger partial charge >= 0.3 is 0 Å². The Hall–Kier alpha value is -1.18. The fourth-order valence-corrected chi connectivity index (χ4v) is 4.52. The highest BCUT2D eigenvalue weighted by atomic mass is 16.8. The molecule has 0 saturated carbocycles. The van der Waals surface area contributed by atoms with E-state index in [0.29, 0.717) is 52.9 Å². The Labute approximate surface area is 207 Å². The summed E-state index contributed by atoms with van der Waals surface area (Å²) in [6, 6.07) is 9.87. The normalized spacial score (nSPS) is 34.2. The summed E-state index contributed by atoms with van der Waals surface area (Å²) in [7, 11) is 3.31. The van der Waals surface area contributed by atoms with E-state index < -0.39 is 24.8 Å². The van der Waals surface area contributed by atoms with Crippen molar-refractivity contribution >= 4 is 0 Å². The first kappa shape index (κ1) is 26.9. The predicted molar refractivity (Wildman–Crippen MR) is 125 cm³/mol. The van der Waals surface area contributed by atoms with Crippen molar-refractivity contribution in [3.8, 4) is 0 Å². The van der Waals surface area contributed by atoms with Crippen LogP contribution in [0.3, 0.4) is 0 Å². The molecular formula is C25H39NO9. The van der Waals surface area contributed by atoms with Crippen molar-refractivity contribution in [2.75, 3.05) is 86.7 Å². The molecule has 198 valence electrons. The third kappa shape index (κ3) is 7.65. The molecule has 1 unspecified atom stereocenters. The Bertz CT molecular complexity index is 711. The van der Waals surface area contributed by atoms with Gasteiger partial charge in [0.2, 0.25) is 0 Å². The van der Waals surface area contributed by atoms with E-state index in [1.54, 1.807) is 14.2 Å². The van der Waals surface area contributed by atoms with Crippen LogP contribution in [0.15, 0.2) is 30.3 Å². The van der Waals surface area contributed by atoms with Crippen LogP contribution < -0.4 is 0 Å². The number of hydrogen-bond donors (Lipinski definition) is 0. The molecule has 1 aromatic rings. The molecular weight excluding hydrogens is 458 g/mol. The average molecular weight is 498 g/mol. The van der Waals surface area contributed by atoms with Crippen LogP contribution in [-0.4, -0.2) is 122 Å². The van der Waals surface area contributed by atoms with E-state index in [1.807, 2.05) is 30.3 Å². The third-order valence-electron chi connectivity index (χ3n) is 6.38. The molecule has 3 saturated heterocycles. The number of rotatable bonds is 5. The molecule has 0 radical (unpaired) electrons. The molecule has 1 aromatic carbocycles. The molecule has 3 aliphatic heterocycles. The molecule has 0 amide bonds. The molecule has 0 spiro atoms. The second-order valence-electron chi connectivity index (χ2n) is 8.69. The lowest BCUT2D eigenvalue weighted by atomic mass is 9.97. The van der Waals surface area contributed by atoms with Crippen LogP contribution in [0.1, 0.15) is 11.9 Å². The molecule has 6 atom stereocenters. The molecule has 10 nitrogen and oxygen atoms in total. The van der Waals surface area contributed by atoms with E-state index in [2.05, 4.69) is 4.90 Å². The van der Waals surface area contributed by atoms with Gasteiger partial charge in [-0.2, -0.15) is 0 Å². The van der Waals surface area contributed by atoms with Crippen molar-refractivity contribution < 1.29 is 42.6 Å². The minimum Gasteiger partial charge on any atom is -0.383 e. The molecule has 0 bridgehead atoms. The molecule has 0 N–H and O–H groups in total. The van der Waals surface area contributed by atoms with Gasteiger partial charge in [-0.15, -0.1) is 0 Å². The van der Waals surface area contributed by atoms with E-state index >= 15 is 0 Å². The topological polar surface area (TPSA) is 86.3 Å². The van der Waals surface area contributed by atoms with Crippen LogP contribution in [0.2, 0.25) is 0 Å². The Morgan fingerprint density at radius 3 is 2.20 bits per heavy atom. The van der Waals surface area contributed by atoms with Crippen LogP contribution in [0.4, 0.5) is 0 Å². The van der Waals surface area contributed by atoms with Crippen molar-refractivity contribution in [3.05, 3.63) is 35.9 Å². The van der Waals surface area contributed by atoms with Crippen LogP contribution in [0, 0.1) is 0 Å². The standard InChI is InChI=1S/C25H39NO9/c1-27-11-8-26-9-12-29-14-16-31-22-21-20(18-33-24(35-21)19-6-4-3-5-7-19)34-25(28-2)23(22)32-17-15-30-13-10-26/h3-7,20-25H,8-18H2,1-2H3/t20-,21-,22+,23-,24?,25+/m1/s1. The highest BCUT2D eigenvalue weighted by molar-refractivity contribution is 5.16. The van der Waals surface area contributed by atoms with Crippen LogP contribution in [0.25, 0.3) is 0 Å². The van der Waals surface area contributed by atoms with E-state index in [-0.39, 0.29) is 12.2 Å². The van der Waals surface area contributed by atoms with E-state index in [9.17, 15) is 0 Å². The maximum atomic E-state index is 6.38. The summed E-state index contributed by atoms with van der Waals surface area (Å²) in [4.78, 5) is 2.27. The van der Waals surface area contributed by atoms with Gasteiger partial charge in [0.1, 0.15) is 24.4 Å². The number of nitrogens with zero attached hydrogens (tertiary/aromatic N) is 1. The van der Waals surface area contributed by atoms with Crippen LogP contribution >= 0.6 is 0 Å². The van der Waals surface area contributed by atoms with Gasteiger partial charge < -0.3 is 42.6 Å². The summed E-state index contributed by atoms with van der Waals surface area (Å²) in [6.45, 7) is 6.40. The van der Waals surface area contributed by atoms with Crippen molar-refractivity contribution in [3.63, 3.8) is 0 Å². The van der Waals surface area contributed by atoms with Gasteiger partial charge in [0.25, 0.3) is 0 Å². The minimum atomic E-state index is -0.608. The van der Waals surface area contributed by atoms with Gasteiger partial charge in [0.15, 0.2) is 12.6 Å². The fraction of sp³-hybridized carbons (Fsp3) is 0.760. The van der Waals surface area contributed by atoms with Crippen LogP contribution in [-0.2, 0) is 42.6 Å². The summed E-state index contributed by atoms with van der Waals surface area (Å²) in [5.74, 6) is 0. The maximum Gasteiger partial charge on any atom is 0.186 e.